The van der Waals surface area contributed by atoms with Crippen molar-refractivity contribution in [3.63, 3.8) is 0 Å². The van der Waals surface area contributed by atoms with Crippen LogP contribution in [0.25, 0.3) is 0 Å². The van der Waals surface area contributed by atoms with Crippen LogP contribution in [0, 0.1) is 5.92 Å². The van der Waals surface area contributed by atoms with Gasteiger partial charge in [-0.2, -0.15) is 0 Å². The van der Waals surface area contributed by atoms with Gasteiger partial charge in [-0.25, -0.2) is 9.78 Å². The fourth-order valence-electron chi connectivity index (χ4n) is 2.55. The van der Waals surface area contributed by atoms with Gasteiger partial charge in [0, 0.05) is 24.0 Å². The van der Waals surface area contributed by atoms with Crippen LogP contribution in [0.3, 0.4) is 0 Å². The molecule has 1 heterocycles. The normalized spacial score (nSPS) is 14.8. The Bertz CT molecular complexity index is 722. The molecule has 0 unspecified atom stereocenters. The molecule has 1 aliphatic rings. The Morgan fingerprint density at radius 1 is 1.42 bits per heavy atom. The van der Waals surface area contributed by atoms with Crippen LogP contribution in [-0.2, 0) is 11.3 Å². The van der Waals surface area contributed by atoms with Crippen molar-refractivity contribution in [3.05, 3.63) is 40.4 Å². The molecule has 1 aromatic carbocycles. The Labute approximate surface area is 166 Å². The molecule has 5 nitrogen and oxygen atoms in total. The summed E-state index contributed by atoms with van der Waals surface area (Å²) in [6, 6.07) is 10.2. The molecule has 1 aliphatic carbocycles. The van der Waals surface area contributed by atoms with Crippen LogP contribution in [0.1, 0.15) is 24.6 Å². The fraction of sp³-hybridized carbons (Fsp3) is 0.444. The van der Waals surface area contributed by atoms with E-state index >= 15 is 0 Å². The second kappa shape index (κ2) is 9.60. The summed E-state index contributed by atoms with van der Waals surface area (Å²) in [5.41, 5.74) is 0. The summed E-state index contributed by atoms with van der Waals surface area (Å²) in [4.78, 5) is 18.3. The van der Waals surface area contributed by atoms with Crippen molar-refractivity contribution in [1.82, 2.24) is 15.6 Å². The first-order valence-electron chi connectivity index (χ1n) is 8.67. The third-order valence-electron chi connectivity index (χ3n) is 4.00. The summed E-state index contributed by atoms with van der Waals surface area (Å²) >= 11 is 9.49. The van der Waals surface area contributed by atoms with Crippen molar-refractivity contribution in [2.75, 3.05) is 13.2 Å². The van der Waals surface area contributed by atoms with Crippen LogP contribution in [0.4, 0.5) is 4.79 Å². The Morgan fingerprint density at radius 2 is 2.19 bits per heavy atom. The van der Waals surface area contributed by atoms with Crippen LogP contribution in [-0.4, -0.2) is 30.3 Å². The number of carbonyl (C=O) groups excluding carboxylic acids is 1. The summed E-state index contributed by atoms with van der Waals surface area (Å²) in [6.45, 7) is 3.52. The zero-order chi connectivity index (χ0) is 18.4. The number of alkyl carbamates (subject to hydrolysis) is 1. The van der Waals surface area contributed by atoms with Gasteiger partial charge < -0.3 is 15.4 Å². The van der Waals surface area contributed by atoms with Gasteiger partial charge in [-0.05, 0) is 37.8 Å². The number of ether oxygens (including phenoxy) is 1. The molecular formula is C18H22ClN3O2S2. The summed E-state index contributed by atoms with van der Waals surface area (Å²) in [5.74, 6) is 0.535. The maximum Gasteiger partial charge on any atom is 0.407 e. The molecule has 3 rings (SSSR count). The van der Waals surface area contributed by atoms with E-state index in [0.29, 0.717) is 30.8 Å². The molecule has 8 heteroatoms. The molecule has 1 amide bonds. The maximum atomic E-state index is 11.7. The van der Waals surface area contributed by atoms with Crippen LogP contribution in [0.5, 0.6) is 0 Å². The Hall–Kier alpha value is -1.28. The average molecular weight is 412 g/mol. The van der Waals surface area contributed by atoms with E-state index in [1.54, 1.807) is 30.0 Å². The van der Waals surface area contributed by atoms with Crippen molar-refractivity contribution < 1.29 is 9.53 Å². The predicted octanol–water partition coefficient (Wildman–Crippen LogP) is 4.56. The second-order valence-electron chi connectivity index (χ2n) is 6.05. The number of rotatable bonds is 9. The average Bonchev–Trinajstić information content (AvgIpc) is 3.40. The van der Waals surface area contributed by atoms with E-state index in [4.69, 9.17) is 16.3 Å². The zero-order valence-electron chi connectivity index (χ0n) is 14.5. The standard InChI is InChI=1S/C18H22ClN3O2S2/c1-2-24-17(23)21-14(12-8-9-12)10-20-11-15-16(19)22-18(26-15)25-13-6-4-3-5-7-13/h3-7,12,14,20H,2,8-11H2,1H3,(H,21,23)/t14-/m0/s1. The number of benzene rings is 1. The van der Waals surface area contributed by atoms with Gasteiger partial charge in [0.2, 0.25) is 0 Å². The SMILES string of the molecule is CCOC(=O)N[C@@H](CNCc1sc(Sc2ccccc2)nc1Cl)C1CC1. The number of hydrogen-bond acceptors (Lipinski definition) is 6. The largest absolute Gasteiger partial charge is 0.450 e. The molecule has 0 saturated heterocycles. The van der Waals surface area contributed by atoms with Crippen molar-refractivity contribution in [1.29, 1.82) is 0 Å². The van der Waals surface area contributed by atoms with E-state index in [1.165, 1.54) is 0 Å². The van der Waals surface area contributed by atoms with Crippen LogP contribution in [0.15, 0.2) is 39.6 Å². The smallest absolute Gasteiger partial charge is 0.407 e. The van der Waals surface area contributed by atoms with E-state index in [9.17, 15) is 4.79 Å². The number of halogens is 1. The minimum atomic E-state index is -0.344. The van der Waals surface area contributed by atoms with Crippen LogP contribution >= 0.6 is 34.7 Å². The number of hydrogen-bond donors (Lipinski definition) is 2. The summed E-state index contributed by atoms with van der Waals surface area (Å²) in [6.07, 6.45) is 1.96. The number of thiazole rings is 1. The molecular weight excluding hydrogens is 390 g/mol. The highest BCUT2D eigenvalue weighted by Gasteiger charge is 2.32. The van der Waals surface area contributed by atoms with Crippen molar-refractivity contribution >= 4 is 40.8 Å². The maximum absolute atomic E-state index is 11.7. The molecule has 1 aromatic heterocycles. The number of nitrogens with zero attached hydrogens (tertiary/aromatic N) is 1. The molecule has 0 radical (unpaired) electrons. The first-order valence-corrected chi connectivity index (χ1v) is 10.7. The Morgan fingerprint density at radius 3 is 2.88 bits per heavy atom. The Balaban J connectivity index is 1.50. The number of amides is 1. The molecule has 0 bridgehead atoms. The number of carbonyl (C=O) groups is 1. The topological polar surface area (TPSA) is 63.2 Å². The van der Waals surface area contributed by atoms with Crippen LogP contribution < -0.4 is 10.6 Å². The van der Waals surface area contributed by atoms with Crippen molar-refractivity contribution in [3.8, 4) is 0 Å². The number of nitrogens with one attached hydrogen (secondary N) is 2. The third-order valence-corrected chi connectivity index (χ3v) is 6.55. The molecule has 2 N–H and O–H groups in total. The summed E-state index contributed by atoms with van der Waals surface area (Å²) < 4.78 is 5.92. The monoisotopic (exact) mass is 411 g/mol. The highest BCUT2D eigenvalue weighted by Crippen LogP contribution is 2.35. The summed E-state index contributed by atoms with van der Waals surface area (Å²) in [5, 5.41) is 6.88. The molecule has 1 fully saturated rings. The van der Waals surface area contributed by atoms with Gasteiger partial charge in [-0.3, -0.25) is 0 Å². The fourth-order valence-corrected chi connectivity index (χ4v) is 4.96. The predicted molar refractivity (Wildman–Crippen MR) is 106 cm³/mol. The minimum absolute atomic E-state index is 0.0962. The van der Waals surface area contributed by atoms with E-state index in [2.05, 4.69) is 27.8 Å². The molecule has 26 heavy (non-hydrogen) atoms. The van der Waals surface area contributed by atoms with Gasteiger partial charge in [-0.15, -0.1) is 11.3 Å². The lowest BCUT2D eigenvalue weighted by atomic mass is 10.2. The van der Waals surface area contributed by atoms with E-state index in [-0.39, 0.29) is 12.1 Å². The first-order chi connectivity index (χ1) is 12.7. The van der Waals surface area contributed by atoms with E-state index in [1.807, 2.05) is 18.2 Å². The first kappa shape index (κ1) is 19.5. The lowest BCUT2D eigenvalue weighted by Crippen LogP contribution is -2.43. The van der Waals surface area contributed by atoms with Crippen molar-refractivity contribution in [2.45, 2.75) is 41.6 Å². The lowest BCUT2D eigenvalue weighted by molar-refractivity contribution is 0.146. The molecule has 140 valence electrons. The van der Waals surface area contributed by atoms with Crippen molar-refractivity contribution in [2.24, 2.45) is 5.92 Å². The van der Waals surface area contributed by atoms with E-state index < -0.39 is 0 Å². The molecule has 2 aromatic rings. The van der Waals surface area contributed by atoms with Gasteiger partial charge in [0.1, 0.15) is 5.15 Å². The molecule has 0 aliphatic heterocycles. The molecule has 0 spiro atoms. The van der Waals surface area contributed by atoms with Gasteiger partial charge >= 0.3 is 6.09 Å². The zero-order valence-corrected chi connectivity index (χ0v) is 16.9. The van der Waals surface area contributed by atoms with Gasteiger partial charge in [0.05, 0.1) is 11.5 Å². The number of aromatic nitrogens is 1. The Kier molecular flexibility index (Phi) is 7.19. The highest BCUT2D eigenvalue weighted by atomic mass is 35.5. The molecule has 1 atom stereocenters. The van der Waals surface area contributed by atoms with Gasteiger partial charge in [0.25, 0.3) is 0 Å². The minimum Gasteiger partial charge on any atom is -0.450 e. The second-order valence-corrected chi connectivity index (χ2v) is 8.81. The van der Waals surface area contributed by atoms with E-state index in [0.717, 1.165) is 27.0 Å². The molecule has 1 saturated carbocycles. The lowest BCUT2D eigenvalue weighted by Gasteiger charge is -2.18. The summed E-state index contributed by atoms with van der Waals surface area (Å²) in [7, 11) is 0. The quantitative estimate of drug-likeness (QED) is 0.633. The highest BCUT2D eigenvalue weighted by molar-refractivity contribution is 8.01. The van der Waals surface area contributed by atoms with Gasteiger partial charge in [-0.1, -0.05) is 41.6 Å². The van der Waals surface area contributed by atoms with Crippen LogP contribution in [0.2, 0.25) is 5.15 Å². The third kappa shape index (κ3) is 5.87. The van der Waals surface area contributed by atoms with Gasteiger partial charge in [0.15, 0.2) is 4.34 Å².